The molecule has 1 aliphatic heterocycles. The van der Waals surface area contributed by atoms with E-state index in [-0.39, 0.29) is 0 Å². The van der Waals surface area contributed by atoms with Gasteiger partial charge in [0.2, 0.25) is 0 Å². The van der Waals surface area contributed by atoms with E-state index in [0.717, 1.165) is 26.2 Å². The average Bonchev–Trinajstić information content (AvgIpc) is 2.71. The molecule has 1 atom stereocenters. The molecule has 0 aromatic heterocycles. The number of likely N-dealkylation sites (N-methyl/N-ethyl adjacent to an activating group) is 1. The summed E-state index contributed by atoms with van der Waals surface area (Å²) in [6.07, 6.45) is 0. The lowest BCUT2D eigenvalue weighted by atomic mass is 10.0. The third kappa shape index (κ3) is 2.89. The van der Waals surface area contributed by atoms with Crippen LogP contribution < -0.4 is 5.32 Å². The Morgan fingerprint density at radius 3 is 2.94 bits per heavy atom. The number of anilines is 1. The number of rotatable bonds is 5. The Labute approximate surface area is 104 Å². The van der Waals surface area contributed by atoms with E-state index in [2.05, 4.69) is 54.9 Å². The van der Waals surface area contributed by atoms with Crippen molar-refractivity contribution in [1.82, 2.24) is 4.90 Å². The molecular formula is C15H22N2. The fourth-order valence-corrected chi connectivity index (χ4v) is 2.52. The standard InChI is InChI=1S/C15H22N2/c1-4-17(10-12(2)3)11-13-9-16-15-8-6-5-7-14(13)15/h5-8,13,16H,2,4,9-11H2,1,3H3. The van der Waals surface area contributed by atoms with Gasteiger partial charge in [0.25, 0.3) is 0 Å². The molecule has 0 aliphatic carbocycles. The molecular weight excluding hydrogens is 208 g/mol. The maximum absolute atomic E-state index is 4.00. The molecule has 1 aromatic rings. The van der Waals surface area contributed by atoms with Gasteiger partial charge < -0.3 is 5.32 Å². The van der Waals surface area contributed by atoms with Gasteiger partial charge in [-0.3, -0.25) is 4.90 Å². The highest BCUT2D eigenvalue weighted by atomic mass is 15.1. The molecule has 2 rings (SSSR count). The number of fused-ring (bicyclic) bond motifs is 1. The highest BCUT2D eigenvalue weighted by molar-refractivity contribution is 5.57. The van der Waals surface area contributed by atoms with Crippen LogP contribution in [0.1, 0.15) is 25.3 Å². The van der Waals surface area contributed by atoms with Crippen LogP contribution in [0.4, 0.5) is 5.69 Å². The normalized spacial score (nSPS) is 17.9. The van der Waals surface area contributed by atoms with Crippen molar-refractivity contribution in [2.45, 2.75) is 19.8 Å². The summed E-state index contributed by atoms with van der Waals surface area (Å²) in [4.78, 5) is 2.47. The number of nitrogens with one attached hydrogen (secondary N) is 1. The highest BCUT2D eigenvalue weighted by Crippen LogP contribution is 2.31. The first-order valence-electron chi connectivity index (χ1n) is 6.40. The van der Waals surface area contributed by atoms with E-state index in [1.807, 2.05) is 0 Å². The van der Waals surface area contributed by atoms with Gasteiger partial charge in [-0.05, 0) is 25.1 Å². The molecule has 0 fully saturated rings. The van der Waals surface area contributed by atoms with Crippen LogP contribution in [0.3, 0.4) is 0 Å². The SMILES string of the molecule is C=C(C)CN(CC)CC1CNc2ccccc21. The molecule has 2 nitrogen and oxygen atoms in total. The fraction of sp³-hybridized carbons (Fsp3) is 0.467. The molecule has 2 heteroatoms. The molecule has 0 bridgehead atoms. The summed E-state index contributed by atoms with van der Waals surface area (Å²) >= 11 is 0. The van der Waals surface area contributed by atoms with Crippen LogP contribution in [0.25, 0.3) is 0 Å². The third-order valence-corrected chi connectivity index (χ3v) is 3.36. The molecule has 1 N–H and O–H groups in total. The molecule has 0 saturated carbocycles. The van der Waals surface area contributed by atoms with Crippen molar-refractivity contribution < 1.29 is 0 Å². The quantitative estimate of drug-likeness (QED) is 0.782. The largest absolute Gasteiger partial charge is 0.384 e. The van der Waals surface area contributed by atoms with Gasteiger partial charge in [0.05, 0.1) is 0 Å². The maximum atomic E-state index is 4.00. The van der Waals surface area contributed by atoms with Crippen molar-refractivity contribution >= 4 is 5.69 Å². The zero-order chi connectivity index (χ0) is 12.3. The Morgan fingerprint density at radius 2 is 2.24 bits per heavy atom. The van der Waals surface area contributed by atoms with E-state index in [0.29, 0.717) is 5.92 Å². The van der Waals surface area contributed by atoms with Gasteiger partial charge in [-0.25, -0.2) is 0 Å². The minimum absolute atomic E-state index is 0.616. The lowest BCUT2D eigenvalue weighted by molar-refractivity contribution is 0.296. The molecule has 17 heavy (non-hydrogen) atoms. The second-order valence-electron chi connectivity index (χ2n) is 4.95. The summed E-state index contributed by atoms with van der Waals surface area (Å²) in [5.74, 6) is 0.616. The van der Waals surface area contributed by atoms with E-state index in [1.54, 1.807) is 0 Å². The van der Waals surface area contributed by atoms with Crippen LogP contribution in [0.15, 0.2) is 36.4 Å². The van der Waals surface area contributed by atoms with E-state index in [4.69, 9.17) is 0 Å². The zero-order valence-electron chi connectivity index (χ0n) is 10.9. The minimum Gasteiger partial charge on any atom is -0.384 e. The van der Waals surface area contributed by atoms with Crippen molar-refractivity contribution in [2.75, 3.05) is 31.5 Å². The van der Waals surface area contributed by atoms with Crippen molar-refractivity contribution in [3.63, 3.8) is 0 Å². The summed E-state index contributed by atoms with van der Waals surface area (Å²) in [6, 6.07) is 8.65. The summed E-state index contributed by atoms with van der Waals surface area (Å²) in [5, 5.41) is 3.48. The van der Waals surface area contributed by atoms with Gasteiger partial charge in [0, 0.05) is 31.2 Å². The van der Waals surface area contributed by atoms with Crippen LogP contribution in [0, 0.1) is 0 Å². The van der Waals surface area contributed by atoms with Gasteiger partial charge in [0.1, 0.15) is 0 Å². The topological polar surface area (TPSA) is 15.3 Å². The second kappa shape index (κ2) is 5.37. The number of nitrogens with zero attached hydrogens (tertiary/aromatic N) is 1. The Morgan fingerprint density at radius 1 is 1.47 bits per heavy atom. The first kappa shape index (κ1) is 12.2. The zero-order valence-corrected chi connectivity index (χ0v) is 10.9. The first-order valence-corrected chi connectivity index (χ1v) is 6.40. The number of benzene rings is 1. The first-order chi connectivity index (χ1) is 8.20. The van der Waals surface area contributed by atoms with Crippen molar-refractivity contribution in [3.8, 4) is 0 Å². The van der Waals surface area contributed by atoms with E-state index < -0.39 is 0 Å². The predicted octanol–water partition coefficient (Wildman–Crippen LogP) is 3.09. The monoisotopic (exact) mass is 230 g/mol. The average molecular weight is 230 g/mol. The minimum atomic E-state index is 0.616. The van der Waals surface area contributed by atoms with E-state index in [1.165, 1.54) is 16.8 Å². The van der Waals surface area contributed by atoms with Crippen LogP contribution >= 0.6 is 0 Å². The van der Waals surface area contributed by atoms with Crippen LogP contribution in [0.2, 0.25) is 0 Å². The summed E-state index contributed by atoms with van der Waals surface area (Å²) < 4.78 is 0. The Balaban J connectivity index is 2.03. The van der Waals surface area contributed by atoms with Crippen LogP contribution in [0.5, 0.6) is 0 Å². The van der Waals surface area contributed by atoms with E-state index >= 15 is 0 Å². The third-order valence-electron chi connectivity index (χ3n) is 3.36. The molecule has 1 aromatic carbocycles. The van der Waals surface area contributed by atoms with Gasteiger partial charge in [-0.1, -0.05) is 37.3 Å². The van der Waals surface area contributed by atoms with Gasteiger partial charge >= 0.3 is 0 Å². The molecule has 1 heterocycles. The fourth-order valence-electron chi connectivity index (χ4n) is 2.52. The molecule has 0 radical (unpaired) electrons. The smallest absolute Gasteiger partial charge is 0.0376 e. The molecule has 0 amide bonds. The molecule has 0 saturated heterocycles. The van der Waals surface area contributed by atoms with Gasteiger partial charge in [-0.15, -0.1) is 0 Å². The number of hydrogen-bond donors (Lipinski definition) is 1. The van der Waals surface area contributed by atoms with Crippen molar-refractivity contribution in [1.29, 1.82) is 0 Å². The van der Waals surface area contributed by atoms with E-state index in [9.17, 15) is 0 Å². The lowest BCUT2D eigenvalue weighted by Crippen LogP contribution is -2.30. The predicted molar refractivity (Wildman–Crippen MR) is 74.6 cm³/mol. The van der Waals surface area contributed by atoms with Gasteiger partial charge in [0.15, 0.2) is 0 Å². The molecule has 1 unspecified atom stereocenters. The van der Waals surface area contributed by atoms with Crippen molar-refractivity contribution in [3.05, 3.63) is 42.0 Å². The van der Waals surface area contributed by atoms with Crippen LogP contribution in [-0.4, -0.2) is 31.1 Å². The molecule has 1 aliphatic rings. The van der Waals surface area contributed by atoms with Crippen molar-refractivity contribution in [2.24, 2.45) is 0 Å². The summed E-state index contributed by atoms with van der Waals surface area (Å²) in [6.45, 7) is 12.6. The maximum Gasteiger partial charge on any atom is 0.0376 e. The number of hydrogen-bond acceptors (Lipinski definition) is 2. The molecule has 0 spiro atoms. The Kier molecular flexibility index (Phi) is 3.85. The molecule has 92 valence electrons. The lowest BCUT2D eigenvalue weighted by Gasteiger charge is -2.24. The summed E-state index contributed by atoms with van der Waals surface area (Å²) in [7, 11) is 0. The van der Waals surface area contributed by atoms with Crippen LogP contribution in [-0.2, 0) is 0 Å². The second-order valence-corrected chi connectivity index (χ2v) is 4.95. The Bertz CT molecular complexity index is 398. The van der Waals surface area contributed by atoms with Gasteiger partial charge in [-0.2, -0.15) is 0 Å². The Hall–Kier alpha value is -1.28. The summed E-state index contributed by atoms with van der Waals surface area (Å²) in [5.41, 5.74) is 4.02. The number of para-hydroxylation sites is 1. The highest BCUT2D eigenvalue weighted by Gasteiger charge is 2.23.